The second-order valence-electron chi connectivity index (χ2n) is 10.9. The number of benzene rings is 3. The number of aryl methyl sites for hydroxylation is 1. The number of carbonyl (C=O) groups is 2. The molecule has 3 aromatic carbocycles. The van der Waals surface area contributed by atoms with Gasteiger partial charge in [0.2, 0.25) is 11.8 Å². The van der Waals surface area contributed by atoms with E-state index in [4.69, 9.17) is 9.47 Å². The van der Waals surface area contributed by atoms with E-state index in [0.29, 0.717) is 17.7 Å². The predicted octanol–water partition coefficient (Wildman–Crippen LogP) is 5.21. The first-order chi connectivity index (χ1) is 21.1. The Hall–Kier alpha value is -4.12. The van der Waals surface area contributed by atoms with Crippen molar-refractivity contribution in [3.8, 4) is 11.5 Å². The maximum absolute atomic E-state index is 14.2. The van der Waals surface area contributed by atoms with Crippen molar-refractivity contribution >= 4 is 27.5 Å². The molecule has 1 fully saturated rings. The van der Waals surface area contributed by atoms with Crippen LogP contribution in [-0.4, -0.2) is 58.0 Å². The Balaban J connectivity index is 1.73. The fourth-order valence-corrected chi connectivity index (χ4v) is 6.85. The van der Waals surface area contributed by atoms with E-state index in [9.17, 15) is 22.4 Å². The minimum atomic E-state index is -4.30. The molecule has 0 aromatic heterocycles. The van der Waals surface area contributed by atoms with Gasteiger partial charge in [-0.25, -0.2) is 12.8 Å². The lowest BCUT2D eigenvalue weighted by Crippen LogP contribution is -2.53. The lowest BCUT2D eigenvalue weighted by Gasteiger charge is -2.34. The van der Waals surface area contributed by atoms with Crippen LogP contribution in [0.3, 0.4) is 0 Å². The summed E-state index contributed by atoms with van der Waals surface area (Å²) >= 11 is 0. The highest BCUT2D eigenvalue weighted by atomic mass is 32.2. The van der Waals surface area contributed by atoms with Crippen LogP contribution in [-0.2, 0) is 26.2 Å². The molecule has 1 aliphatic carbocycles. The normalized spacial score (nSPS) is 14.1. The van der Waals surface area contributed by atoms with Crippen LogP contribution in [0.2, 0.25) is 0 Å². The molecule has 11 heteroatoms. The third-order valence-corrected chi connectivity index (χ3v) is 9.67. The van der Waals surface area contributed by atoms with Crippen molar-refractivity contribution in [3.63, 3.8) is 0 Å². The van der Waals surface area contributed by atoms with Crippen LogP contribution in [0.5, 0.6) is 11.5 Å². The van der Waals surface area contributed by atoms with E-state index in [1.54, 1.807) is 36.4 Å². The van der Waals surface area contributed by atoms with Gasteiger partial charge < -0.3 is 19.7 Å². The van der Waals surface area contributed by atoms with E-state index in [0.717, 1.165) is 35.6 Å². The van der Waals surface area contributed by atoms with Crippen molar-refractivity contribution < 1.29 is 31.9 Å². The van der Waals surface area contributed by atoms with Gasteiger partial charge in [-0.2, -0.15) is 0 Å². The van der Waals surface area contributed by atoms with Crippen molar-refractivity contribution in [2.24, 2.45) is 0 Å². The van der Waals surface area contributed by atoms with Crippen LogP contribution in [0.15, 0.2) is 71.6 Å². The highest BCUT2D eigenvalue weighted by molar-refractivity contribution is 7.92. The quantitative estimate of drug-likeness (QED) is 0.280. The number of methoxy groups -OCH3 is 2. The van der Waals surface area contributed by atoms with E-state index < -0.39 is 34.3 Å². The molecule has 0 saturated heterocycles. The SMILES string of the molecule is CCC(C(=O)NC1CCCC1)N(Cc1ccc(F)cc1)C(=O)CN(c1ccc(C)cc1)S(=O)(=O)c1ccc(OC)c(OC)c1. The van der Waals surface area contributed by atoms with Gasteiger partial charge in [0.25, 0.3) is 10.0 Å². The first kappa shape index (κ1) is 32.8. The number of sulfonamides is 1. The molecular formula is C33H40FN3O6S. The summed E-state index contributed by atoms with van der Waals surface area (Å²) in [7, 11) is -1.45. The maximum atomic E-state index is 14.2. The summed E-state index contributed by atoms with van der Waals surface area (Å²) in [4.78, 5) is 29.1. The van der Waals surface area contributed by atoms with Gasteiger partial charge >= 0.3 is 0 Å². The molecule has 4 rings (SSSR count). The van der Waals surface area contributed by atoms with E-state index in [-0.39, 0.29) is 34.8 Å². The van der Waals surface area contributed by atoms with E-state index in [2.05, 4.69) is 5.32 Å². The zero-order chi connectivity index (χ0) is 31.9. The summed E-state index contributed by atoms with van der Waals surface area (Å²) in [5.74, 6) is -0.721. The maximum Gasteiger partial charge on any atom is 0.264 e. The Bertz CT molecular complexity index is 1540. The Labute approximate surface area is 259 Å². The van der Waals surface area contributed by atoms with Gasteiger partial charge in [0, 0.05) is 18.7 Å². The van der Waals surface area contributed by atoms with E-state index >= 15 is 0 Å². The molecule has 236 valence electrons. The van der Waals surface area contributed by atoms with Crippen LogP contribution >= 0.6 is 0 Å². The van der Waals surface area contributed by atoms with Crippen molar-refractivity contribution in [2.75, 3.05) is 25.1 Å². The van der Waals surface area contributed by atoms with Gasteiger partial charge in [0.05, 0.1) is 24.8 Å². The number of hydrogen-bond donors (Lipinski definition) is 1. The van der Waals surface area contributed by atoms with Crippen LogP contribution in [0.25, 0.3) is 0 Å². The molecule has 0 heterocycles. The molecule has 0 aliphatic heterocycles. The number of carbonyl (C=O) groups excluding carboxylic acids is 2. The van der Waals surface area contributed by atoms with E-state index in [1.807, 2.05) is 13.8 Å². The number of nitrogens with one attached hydrogen (secondary N) is 1. The van der Waals surface area contributed by atoms with Gasteiger partial charge in [-0.05, 0) is 68.1 Å². The van der Waals surface area contributed by atoms with Crippen LogP contribution in [0.4, 0.5) is 10.1 Å². The smallest absolute Gasteiger partial charge is 0.264 e. The Kier molecular flexibility index (Phi) is 10.9. The molecule has 1 saturated carbocycles. The lowest BCUT2D eigenvalue weighted by atomic mass is 10.1. The summed E-state index contributed by atoms with van der Waals surface area (Å²) in [6, 6.07) is 15.9. The minimum Gasteiger partial charge on any atom is -0.493 e. The molecule has 3 aromatic rings. The molecular weight excluding hydrogens is 585 g/mol. The number of nitrogens with zero attached hydrogens (tertiary/aromatic N) is 2. The average Bonchev–Trinajstić information content (AvgIpc) is 3.53. The van der Waals surface area contributed by atoms with Crippen molar-refractivity contribution in [1.82, 2.24) is 10.2 Å². The molecule has 1 unspecified atom stereocenters. The van der Waals surface area contributed by atoms with Crippen LogP contribution in [0.1, 0.15) is 50.2 Å². The molecule has 1 atom stereocenters. The second-order valence-corrected chi connectivity index (χ2v) is 12.8. The van der Waals surface area contributed by atoms with E-state index in [1.165, 1.54) is 49.5 Å². The Morgan fingerprint density at radius 1 is 0.955 bits per heavy atom. The highest BCUT2D eigenvalue weighted by Crippen LogP contribution is 2.32. The van der Waals surface area contributed by atoms with Crippen LogP contribution in [0, 0.1) is 12.7 Å². The molecule has 2 amide bonds. The largest absolute Gasteiger partial charge is 0.493 e. The summed E-state index contributed by atoms with van der Waals surface area (Å²) in [5.41, 5.74) is 1.80. The lowest BCUT2D eigenvalue weighted by molar-refractivity contribution is -0.140. The Morgan fingerprint density at radius 2 is 1.59 bits per heavy atom. The molecule has 0 radical (unpaired) electrons. The van der Waals surface area contributed by atoms with Crippen molar-refractivity contribution in [1.29, 1.82) is 0 Å². The molecule has 1 aliphatic rings. The van der Waals surface area contributed by atoms with Crippen molar-refractivity contribution in [3.05, 3.63) is 83.7 Å². The van der Waals surface area contributed by atoms with Gasteiger partial charge in [0.15, 0.2) is 11.5 Å². The molecule has 9 nitrogen and oxygen atoms in total. The zero-order valence-electron chi connectivity index (χ0n) is 25.6. The van der Waals surface area contributed by atoms with Gasteiger partial charge in [-0.3, -0.25) is 13.9 Å². The second kappa shape index (κ2) is 14.6. The summed E-state index contributed by atoms with van der Waals surface area (Å²) < 4.78 is 53.7. The third kappa shape index (κ3) is 7.68. The average molecular weight is 626 g/mol. The monoisotopic (exact) mass is 625 g/mol. The summed E-state index contributed by atoms with van der Waals surface area (Å²) in [5, 5.41) is 3.08. The number of ether oxygens (including phenoxy) is 2. The first-order valence-electron chi connectivity index (χ1n) is 14.7. The number of rotatable bonds is 13. The van der Waals surface area contributed by atoms with Gasteiger partial charge in [0.1, 0.15) is 18.4 Å². The molecule has 1 N–H and O–H groups in total. The van der Waals surface area contributed by atoms with Gasteiger partial charge in [-0.1, -0.05) is 49.6 Å². The predicted molar refractivity (Wildman–Crippen MR) is 167 cm³/mol. The van der Waals surface area contributed by atoms with Gasteiger partial charge in [-0.15, -0.1) is 0 Å². The van der Waals surface area contributed by atoms with Crippen LogP contribution < -0.4 is 19.1 Å². The zero-order valence-corrected chi connectivity index (χ0v) is 26.4. The number of amides is 2. The summed E-state index contributed by atoms with van der Waals surface area (Å²) in [6.45, 7) is 3.10. The molecule has 0 spiro atoms. The molecule has 0 bridgehead atoms. The minimum absolute atomic E-state index is 0.00610. The standard InChI is InChI=1S/C33H40FN3O6S/c1-5-29(33(39)35-26-8-6-7-9-26)36(21-24-12-14-25(34)15-13-24)32(38)22-37(27-16-10-23(2)11-17-27)44(40,41)28-18-19-30(42-3)31(20-28)43-4/h10-20,26,29H,5-9,21-22H2,1-4H3,(H,35,39). The summed E-state index contributed by atoms with van der Waals surface area (Å²) in [6.07, 6.45) is 4.11. The highest BCUT2D eigenvalue weighted by Gasteiger charge is 2.35. The fraction of sp³-hybridized carbons (Fsp3) is 0.394. The topological polar surface area (TPSA) is 105 Å². The third-order valence-electron chi connectivity index (χ3n) is 7.90. The molecule has 44 heavy (non-hydrogen) atoms. The fourth-order valence-electron chi connectivity index (χ4n) is 5.42. The number of hydrogen-bond acceptors (Lipinski definition) is 6. The number of anilines is 1. The Morgan fingerprint density at radius 3 is 2.18 bits per heavy atom. The van der Waals surface area contributed by atoms with Crippen molar-refractivity contribution in [2.45, 2.75) is 69.5 Å². The number of halogens is 1. The first-order valence-corrected chi connectivity index (χ1v) is 16.2.